The number of nitrogens with zero attached hydrogens (tertiary/aromatic N) is 1. The van der Waals surface area contributed by atoms with Crippen molar-refractivity contribution in [3.05, 3.63) is 29.6 Å². The fourth-order valence-electron chi connectivity index (χ4n) is 2.50. The summed E-state index contributed by atoms with van der Waals surface area (Å²) in [6, 6.07) is 4.18. The van der Waals surface area contributed by atoms with Gasteiger partial charge in [0.15, 0.2) is 0 Å². The molecule has 0 radical (unpaired) electrons. The quantitative estimate of drug-likeness (QED) is 0.850. The smallest absolute Gasteiger partial charge is 0.256 e. The fourth-order valence-corrected chi connectivity index (χ4v) is 2.50. The Morgan fingerprint density at radius 3 is 3.05 bits per heavy atom. The minimum Gasteiger partial charge on any atom is -0.399 e. The summed E-state index contributed by atoms with van der Waals surface area (Å²) in [5.74, 6) is -0.489. The van der Waals surface area contributed by atoms with E-state index in [1.807, 2.05) is 0 Å². The predicted molar refractivity (Wildman–Crippen MR) is 71.3 cm³/mol. The van der Waals surface area contributed by atoms with Gasteiger partial charge in [0.25, 0.3) is 5.91 Å². The minimum atomic E-state index is -0.557. The van der Waals surface area contributed by atoms with E-state index in [4.69, 9.17) is 10.5 Å². The van der Waals surface area contributed by atoms with E-state index in [-0.39, 0.29) is 11.5 Å². The van der Waals surface area contributed by atoms with Crippen LogP contribution in [0.25, 0.3) is 0 Å². The van der Waals surface area contributed by atoms with E-state index in [1.54, 1.807) is 18.1 Å². The first-order chi connectivity index (χ1) is 9.11. The molecule has 0 aromatic heterocycles. The Morgan fingerprint density at radius 2 is 2.37 bits per heavy atom. The van der Waals surface area contributed by atoms with E-state index in [0.717, 1.165) is 12.8 Å². The highest BCUT2D eigenvalue weighted by atomic mass is 19.1. The topological polar surface area (TPSA) is 55.6 Å². The van der Waals surface area contributed by atoms with Crippen LogP contribution in [0.4, 0.5) is 10.1 Å². The summed E-state index contributed by atoms with van der Waals surface area (Å²) >= 11 is 0. The normalized spacial score (nSPS) is 19.5. The van der Waals surface area contributed by atoms with Gasteiger partial charge in [-0.25, -0.2) is 4.39 Å². The second-order valence-corrected chi connectivity index (χ2v) is 4.95. The lowest BCUT2D eigenvalue weighted by atomic mass is 9.98. The van der Waals surface area contributed by atoms with Crippen LogP contribution in [-0.2, 0) is 4.74 Å². The van der Waals surface area contributed by atoms with Gasteiger partial charge in [-0.05, 0) is 37.0 Å². The van der Waals surface area contributed by atoms with Crippen molar-refractivity contribution in [2.45, 2.75) is 12.8 Å². The molecular formula is C14H19FN2O2. The number of hydrogen-bond donors (Lipinski definition) is 1. The zero-order chi connectivity index (χ0) is 13.8. The number of anilines is 1. The van der Waals surface area contributed by atoms with Crippen LogP contribution < -0.4 is 5.73 Å². The zero-order valence-corrected chi connectivity index (χ0v) is 11.1. The van der Waals surface area contributed by atoms with Crippen LogP contribution >= 0.6 is 0 Å². The van der Waals surface area contributed by atoms with Crippen LogP contribution in [0.3, 0.4) is 0 Å². The molecule has 0 bridgehead atoms. The number of rotatable bonds is 3. The Hall–Kier alpha value is -1.62. The predicted octanol–water partition coefficient (Wildman–Crippen LogP) is 1.91. The van der Waals surface area contributed by atoms with Gasteiger partial charge in [-0.15, -0.1) is 0 Å². The Labute approximate surface area is 112 Å². The molecule has 2 N–H and O–H groups in total. The number of carbonyl (C=O) groups is 1. The number of hydrogen-bond acceptors (Lipinski definition) is 3. The van der Waals surface area contributed by atoms with Crippen LogP contribution in [0.15, 0.2) is 18.2 Å². The van der Waals surface area contributed by atoms with Gasteiger partial charge in [0.1, 0.15) is 5.82 Å². The molecule has 0 saturated carbocycles. The molecule has 0 aliphatic carbocycles. The standard InChI is InChI=1S/C14H19FN2O2/c1-19-9-10-3-2-6-17(8-10)14(18)12-5-4-11(16)7-13(12)15/h4-5,7,10H,2-3,6,8-9,16H2,1H3. The first kappa shape index (κ1) is 13.8. The molecule has 1 aromatic carbocycles. The molecule has 4 nitrogen and oxygen atoms in total. The molecule has 1 fully saturated rings. The van der Waals surface area contributed by atoms with Crippen LogP contribution in [0, 0.1) is 11.7 Å². The average molecular weight is 266 g/mol. The summed E-state index contributed by atoms with van der Waals surface area (Å²) < 4.78 is 18.9. The van der Waals surface area contributed by atoms with E-state index < -0.39 is 5.82 Å². The summed E-state index contributed by atoms with van der Waals surface area (Å²) in [5.41, 5.74) is 5.90. The van der Waals surface area contributed by atoms with Crippen LogP contribution in [-0.4, -0.2) is 37.6 Å². The van der Waals surface area contributed by atoms with Crippen LogP contribution in [0.1, 0.15) is 23.2 Å². The van der Waals surface area contributed by atoms with Gasteiger partial charge in [0.05, 0.1) is 12.2 Å². The first-order valence-corrected chi connectivity index (χ1v) is 6.45. The van der Waals surface area contributed by atoms with E-state index in [0.29, 0.717) is 31.3 Å². The molecule has 1 saturated heterocycles. The monoisotopic (exact) mass is 266 g/mol. The van der Waals surface area contributed by atoms with Crippen molar-refractivity contribution in [1.82, 2.24) is 4.90 Å². The van der Waals surface area contributed by atoms with E-state index in [1.165, 1.54) is 12.1 Å². The number of amides is 1. The van der Waals surface area contributed by atoms with Gasteiger partial charge in [-0.2, -0.15) is 0 Å². The van der Waals surface area contributed by atoms with Crippen LogP contribution in [0.5, 0.6) is 0 Å². The zero-order valence-electron chi connectivity index (χ0n) is 11.1. The molecule has 2 rings (SSSR count). The molecule has 104 valence electrons. The average Bonchev–Trinajstić information content (AvgIpc) is 2.39. The minimum absolute atomic E-state index is 0.0901. The summed E-state index contributed by atoms with van der Waals surface area (Å²) in [6.07, 6.45) is 1.97. The van der Waals surface area contributed by atoms with Crippen molar-refractivity contribution in [2.24, 2.45) is 5.92 Å². The number of piperidine rings is 1. The van der Waals surface area contributed by atoms with Crippen LogP contribution in [0.2, 0.25) is 0 Å². The molecule has 1 aliphatic heterocycles. The third kappa shape index (κ3) is 3.23. The lowest BCUT2D eigenvalue weighted by molar-refractivity contribution is 0.0567. The first-order valence-electron chi connectivity index (χ1n) is 6.45. The maximum atomic E-state index is 13.7. The van der Waals surface area contributed by atoms with Gasteiger partial charge in [0.2, 0.25) is 0 Å². The number of methoxy groups -OCH3 is 1. The highest BCUT2D eigenvalue weighted by Crippen LogP contribution is 2.20. The van der Waals surface area contributed by atoms with Gasteiger partial charge >= 0.3 is 0 Å². The van der Waals surface area contributed by atoms with Crippen molar-refractivity contribution in [3.63, 3.8) is 0 Å². The Kier molecular flexibility index (Phi) is 4.37. The second kappa shape index (κ2) is 6.02. The number of benzene rings is 1. The SMILES string of the molecule is COCC1CCCN(C(=O)c2ccc(N)cc2F)C1. The number of nitrogen functional groups attached to an aromatic ring is 1. The van der Waals surface area contributed by atoms with Gasteiger partial charge in [-0.1, -0.05) is 0 Å². The Bertz CT molecular complexity index is 463. The molecule has 1 amide bonds. The number of halogens is 1. The summed E-state index contributed by atoms with van der Waals surface area (Å²) in [5, 5.41) is 0. The molecule has 1 unspecified atom stereocenters. The lowest BCUT2D eigenvalue weighted by Gasteiger charge is -2.32. The van der Waals surface area contributed by atoms with Gasteiger partial charge in [-0.3, -0.25) is 4.79 Å². The third-order valence-electron chi connectivity index (χ3n) is 3.43. The number of ether oxygens (including phenoxy) is 1. The lowest BCUT2D eigenvalue weighted by Crippen LogP contribution is -2.41. The third-order valence-corrected chi connectivity index (χ3v) is 3.43. The highest BCUT2D eigenvalue weighted by Gasteiger charge is 2.25. The van der Waals surface area contributed by atoms with Crippen molar-refractivity contribution in [1.29, 1.82) is 0 Å². The van der Waals surface area contributed by atoms with Crippen molar-refractivity contribution < 1.29 is 13.9 Å². The maximum absolute atomic E-state index is 13.7. The summed E-state index contributed by atoms with van der Waals surface area (Å²) in [6.45, 7) is 1.92. The van der Waals surface area contributed by atoms with Gasteiger partial charge in [0, 0.05) is 25.9 Å². The van der Waals surface area contributed by atoms with Gasteiger partial charge < -0.3 is 15.4 Å². The molecule has 19 heavy (non-hydrogen) atoms. The molecular weight excluding hydrogens is 247 g/mol. The molecule has 1 aromatic rings. The largest absolute Gasteiger partial charge is 0.399 e. The van der Waals surface area contributed by atoms with Crippen molar-refractivity contribution >= 4 is 11.6 Å². The molecule has 0 spiro atoms. The maximum Gasteiger partial charge on any atom is 0.256 e. The van der Waals surface area contributed by atoms with Crippen molar-refractivity contribution in [2.75, 3.05) is 32.5 Å². The Balaban J connectivity index is 2.10. The molecule has 5 heteroatoms. The Morgan fingerprint density at radius 1 is 1.58 bits per heavy atom. The molecule has 1 atom stereocenters. The van der Waals surface area contributed by atoms with E-state index >= 15 is 0 Å². The second-order valence-electron chi connectivity index (χ2n) is 4.95. The fraction of sp³-hybridized carbons (Fsp3) is 0.500. The number of nitrogens with two attached hydrogens (primary N) is 1. The summed E-state index contributed by atoms with van der Waals surface area (Å²) in [7, 11) is 1.65. The molecule has 1 heterocycles. The molecule has 1 aliphatic rings. The summed E-state index contributed by atoms with van der Waals surface area (Å²) in [4.78, 5) is 14.0. The number of likely N-dealkylation sites (tertiary alicyclic amines) is 1. The van der Waals surface area contributed by atoms with E-state index in [9.17, 15) is 9.18 Å². The van der Waals surface area contributed by atoms with E-state index in [2.05, 4.69) is 0 Å². The van der Waals surface area contributed by atoms with Crippen molar-refractivity contribution in [3.8, 4) is 0 Å². The number of carbonyl (C=O) groups excluding carboxylic acids is 1. The highest BCUT2D eigenvalue weighted by molar-refractivity contribution is 5.94.